The third kappa shape index (κ3) is 1.87. The van der Waals surface area contributed by atoms with Crippen LogP contribution < -0.4 is 10.5 Å². The molecule has 0 atom stereocenters. The van der Waals surface area contributed by atoms with Crippen LogP contribution in [0.15, 0.2) is 54.7 Å². The third-order valence-electron chi connectivity index (χ3n) is 3.77. The molecule has 2 aliphatic rings. The molecule has 1 N–H and O–H groups in total. The maximum atomic E-state index is 5.94. The van der Waals surface area contributed by atoms with Crippen molar-refractivity contribution in [2.75, 3.05) is 11.6 Å². The zero-order chi connectivity index (χ0) is 13.5. The van der Waals surface area contributed by atoms with Gasteiger partial charge in [0.15, 0.2) is 0 Å². The van der Waals surface area contributed by atoms with Gasteiger partial charge in [0.25, 0.3) is 0 Å². The fourth-order valence-electron chi connectivity index (χ4n) is 2.74. The average molecular weight is 284 g/mol. The topological polar surface area (TPSA) is 18.5 Å². The number of nitrogens with zero attached hydrogens (tertiary/aromatic N) is 2. The van der Waals surface area contributed by atoms with Gasteiger partial charge < -0.3 is 0 Å². The van der Waals surface area contributed by atoms with Gasteiger partial charge in [-0.25, -0.2) is 0 Å². The highest BCUT2D eigenvalue weighted by Gasteiger charge is 2.27. The fourth-order valence-corrected chi connectivity index (χ4v) is 2.87. The standard InChI is InChI=1S/C16H14ClN3/c17-13-5-7-14(8-6-13)20-11-16-15-4-2-1-3-12(15)9-10-19(16)18-20/h1-8,11,18H,9-10H2. The molecule has 0 saturated carbocycles. The van der Waals surface area contributed by atoms with E-state index < -0.39 is 0 Å². The van der Waals surface area contributed by atoms with Gasteiger partial charge in [0.2, 0.25) is 0 Å². The molecule has 0 radical (unpaired) electrons. The molecule has 0 fully saturated rings. The van der Waals surface area contributed by atoms with Crippen LogP contribution in [0.4, 0.5) is 5.69 Å². The van der Waals surface area contributed by atoms with Crippen LogP contribution in [0.1, 0.15) is 11.1 Å². The summed E-state index contributed by atoms with van der Waals surface area (Å²) in [5.41, 5.74) is 8.42. The van der Waals surface area contributed by atoms with Crippen molar-refractivity contribution in [3.63, 3.8) is 0 Å². The minimum Gasteiger partial charge on any atom is -0.288 e. The Kier molecular flexibility index (Phi) is 2.69. The van der Waals surface area contributed by atoms with E-state index in [0.717, 1.165) is 23.7 Å². The number of halogens is 1. The minimum absolute atomic E-state index is 0.753. The first kappa shape index (κ1) is 11.8. The molecule has 3 nitrogen and oxygen atoms in total. The van der Waals surface area contributed by atoms with Gasteiger partial charge in [-0.2, -0.15) is 0 Å². The van der Waals surface area contributed by atoms with Gasteiger partial charge in [-0.15, -0.1) is 5.53 Å². The van der Waals surface area contributed by atoms with Gasteiger partial charge in [-0.3, -0.25) is 10.0 Å². The summed E-state index contributed by atoms with van der Waals surface area (Å²) in [6.45, 7) is 0.979. The molecule has 2 heterocycles. The Hall–Kier alpha value is -1.97. The first-order chi connectivity index (χ1) is 9.81. The Morgan fingerprint density at radius 2 is 1.80 bits per heavy atom. The van der Waals surface area contributed by atoms with Crippen LogP contribution in [0.2, 0.25) is 5.02 Å². The molecule has 2 aliphatic heterocycles. The summed E-state index contributed by atoms with van der Waals surface area (Å²) < 4.78 is 0. The van der Waals surface area contributed by atoms with E-state index in [1.807, 2.05) is 29.3 Å². The Morgan fingerprint density at radius 1 is 1.00 bits per heavy atom. The van der Waals surface area contributed by atoms with E-state index in [-0.39, 0.29) is 0 Å². The van der Waals surface area contributed by atoms with E-state index in [4.69, 9.17) is 11.6 Å². The molecule has 2 aromatic rings. The van der Waals surface area contributed by atoms with Gasteiger partial charge >= 0.3 is 0 Å². The SMILES string of the molecule is Clc1ccc(N2C=C3c4ccccc4CCN3N2)cc1. The lowest BCUT2D eigenvalue weighted by molar-refractivity contribution is 0.307. The Balaban J connectivity index is 1.72. The van der Waals surface area contributed by atoms with E-state index in [2.05, 4.69) is 41.0 Å². The first-order valence-electron chi connectivity index (χ1n) is 6.70. The molecule has 4 heteroatoms. The first-order valence-corrected chi connectivity index (χ1v) is 7.08. The molecule has 20 heavy (non-hydrogen) atoms. The van der Waals surface area contributed by atoms with Crippen molar-refractivity contribution in [2.45, 2.75) is 6.42 Å². The quantitative estimate of drug-likeness (QED) is 0.865. The predicted molar refractivity (Wildman–Crippen MR) is 81.9 cm³/mol. The van der Waals surface area contributed by atoms with Crippen LogP contribution in [0.3, 0.4) is 0 Å². The number of hydrogen-bond donors (Lipinski definition) is 1. The van der Waals surface area contributed by atoms with Gasteiger partial charge in [0.05, 0.1) is 11.4 Å². The number of rotatable bonds is 1. The summed E-state index contributed by atoms with van der Waals surface area (Å²) in [5.74, 6) is 0. The van der Waals surface area contributed by atoms with Crippen LogP contribution in [-0.4, -0.2) is 11.6 Å². The number of anilines is 1. The highest BCUT2D eigenvalue weighted by molar-refractivity contribution is 6.30. The van der Waals surface area contributed by atoms with Crippen molar-refractivity contribution in [1.82, 2.24) is 10.5 Å². The van der Waals surface area contributed by atoms with Crippen LogP contribution in [0.25, 0.3) is 5.70 Å². The Morgan fingerprint density at radius 3 is 2.65 bits per heavy atom. The van der Waals surface area contributed by atoms with Crippen LogP contribution >= 0.6 is 11.6 Å². The fraction of sp³-hybridized carbons (Fsp3) is 0.125. The zero-order valence-corrected chi connectivity index (χ0v) is 11.6. The second-order valence-corrected chi connectivity index (χ2v) is 5.46. The van der Waals surface area contributed by atoms with Crippen molar-refractivity contribution in [3.05, 3.63) is 70.9 Å². The van der Waals surface area contributed by atoms with E-state index in [9.17, 15) is 0 Å². The number of hydrazine groups is 2. The summed E-state index contributed by atoms with van der Waals surface area (Å²) in [6.07, 6.45) is 3.20. The van der Waals surface area contributed by atoms with E-state index in [1.54, 1.807) is 0 Å². The molecule has 2 aromatic carbocycles. The summed E-state index contributed by atoms with van der Waals surface area (Å²) >= 11 is 5.94. The Labute approximate surface area is 123 Å². The smallest absolute Gasteiger partial charge is 0.0791 e. The largest absolute Gasteiger partial charge is 0.288 e. The molecule has 4 rings (SSSR count). The number of fused-ring (bicyclic) bond motifs is 3. The second kappa shape index (κ2) is 4.54. The summed E-state index contributed by atoms with van der Waals surface area (Å²) in [6, 6.07) is 16.4. The maximum Gasteiger partial charge on any atom is 0.0791 e. The summed E-state index contributed by atoms with van der Waals surface area (Å²) in [5, 5.41) is 4.98. The van der Waals surface area contributed by atoms with E-state index in [0.29, 0.717) is 0 Å². The Bertz CT molecular complexity index is 678. The highest BCUT2D eigenvalue weighted by Crippen LogP contribution is 2.32. The monoisotopic (exact) mass is 283 g/mol. The summed E-state index contributed by atoms with van der Waals surface area (Å²) in [4.78, 5) is 0. The number of nitrogens with one attached hydrogen (secondary N) is 1. The molecule has 0 amide bonds. The molecule has 0 unspecified atom stereocenters. The van der Waals surface area contributed by atoms with Crippen molar-refractivity contribution >= 4 is 23.0 Å². The van der Waals surface area contributed by atoms with Crippen molar-refractivity contribution in [3.8, 4) is 0 Å². The zero-order valence-electron chi connectivity index (χ0n) is 10.9. The van der Waals surface area contributed by atoms with Crippen LogP contribution in [-0.2, 0) is 6.42 Å². The normalized spacial score (nSPS) is 16.8. The van der Waals surface area contributed by atoms with Gasteiger partial charge in [0, 0.05) is 23.3 Å². The van der Waals surface area contributed by atoms with Crippen LogP contribution in [0.5, 0.6) is 0 Å². The van der Waals surface area contributed by atoms with E-state index >= 15 is 0 Å². The predicted octanol–water partition coefficient (Wildman–Crippen LogP) is 3.44. The van der Waals surface area contributed by atoms with Crippen molar-refractivity contribution < 1.29 is 0 Å². The molecular weight excluding hydrogens is 270 g/mol. The maximum absolute atomic E-state index is 5.94. The number of hydrogen-bond acceptors (Lipinski definition) is 3. The van der Waals surface area contributed by atoms with E-state index in [1.165, 1.54) is 16.8 Å². The molecule has 0 saturated heterocycles. The lowest BCUT2D eigenvalue weighted by atomic mass is 9.98. The minimum atomic E-state index is 0.753. The number of benzene rings is 2. The summed E-state index contributed by atoms with van der Waals surface area (Å²) in [7, 11) is 0. The van der Waals surface area contributed by atoms with Gasteiger partial charge in [0.1, 0.15) is 0 Å². The van der Waals surface area contributed by atoms with Gasteiger partial charge in [-0.1, -0.05) is 35.9 Å². The second-order valence-electron chi connectivity index (χ2n) is 5.02. The molecule has 0 aromatic heterocycles. The molecule has 0 spiro atoms. The molecule has 0 aliphatic carbocycles. The molecule has 100 valence electrons. The van der Waals surface area contributed by atoms with Crippen LogP contribution in [0, 0.1) is 0 Å². The average Bonchev–Trinajstić information content (AvgIpc) is 2.92. The van der Waals surface area contributed by atoms with Crippen molar-refractivity contribution in [2.24, 2.45) is 0 Å². The van der Waals surface area contributed by atoms with Gasteiger partial charge in [-0.05, 0) is 36.2 Å². The highest BCUT2D eigenvalue weighted by atomic mass is 35.5. The molecule has 0 bridgehead atoms. The molecular formula is C16H14ClN3. The lowest BCUT2D eigenvalue weighted by Crippen LogP contribution is -2.42. The third-order valence-corrected chi connectivity index (χ3v) is 4.03. The lowest BCUT2D eigenvalue weighted by Gasteiger charge is -2.29. The van der Waals surface area contributed by atoms with Crippen molar-refractivity contribution in [1.29, 1.82) is 0 Å².